The summed E-state index contributed by atoms with van der Waals surface area (Å²) < 4.78 is 15.8. The minimum Gasteiger partial charge on any atom is -0.486 e. The second-order valence-electron chi connectivity index (χ2n) is 4.80. The fraction of sp³-hybridized carbons (Fsp3) is 0.375. The van der Waals surface area contributed by atoms with Gasteiger partial charge in [0.2, 0.25) is 0 Å². The second kappa shape index (κ2) is 8.42. The van der Waals surface area contributed by atoms with E-state index in [0.29, 0.717) is 54.9 Å². The molecule has 0 fully saturated rings. The maximum atomic E-state index is 12.0. The van der Waals surface area contributed by atoms with Gasteiger partial charge in [0.05, 0.1) is 5.02 Å². The van der Waals surface area contributed by atoms with E-state index in [9.17, 15) is 10.1 Å². The van der Waals surface area contributed by atoms with Crippen molar-refractivity contribution >= 4 is 23.6 Å². The third-order valence-corrected chi connectivity index (χ3v) is 3.39. The molecule has 0 radical (unpaired) electrons. The number of nitriles is 1. The van der Waals surface area contributed by atoms with E-state index in [0.717, 1.165) is 0 Å². The molecule has 6 nitrogen and oxygen atoms in total. The molecule has 0 unspecified atom stereocenters. The molecule has 122 valence electrons. The number of nitrogens with one attached hydrogen (secondary N) is 1. The van der Waals surface area contributed by atoms with E-state index >= 15 is 0 Å². The standard InChI is InChI=1S/C16H17ClN2O4/c1-21-4-2-3-19-16(20)12(10-18)7-11-8-13(17)15-14(9-11)22-5-6-23-15/h7-9H,2-6H2,1H3,(H,19,20)/b12-7+. The molecule has 0 atom stereocenters. The largest absolute Gasteiger partial charge is 0.486 e. The molecule has 0 aromatic heterocycles. The Morgan fingerprint density at radius 3 is 3.00 bits per heavy atom. The summed E-state index contributed by atoms with van der Waals surface area (Å²) >= 11 is 6.14. The van der Waals surface area contributed by atoms with Gasteiger partial charge >= 0.3 is 0 Å². The number of nitrogens with zero attached hydrogens (tertiary/aromatic N) is 1. The van der Waals surface area contributed by atoms with Crippen molar-refractivity contribution in [2.24, 2.45) is 0 Å². The van der Waals surface area contributed by atoms with E-state index in [1.165, 1.54) is 6.08 Å². The van der Waals surface area contributed by atoms with Gasteiger partial charge in [0.1, 0.15) is 24.9 Å². The summed E-state index contributed by atoms with van der Waals surface area (Å²) in [6.07, 6.45) is 2.15. The molecule has 0 spiro atoms. The smallest absolute Gasteiger partial charge is 0.261 e. The molecule has 0 aliphatic carbocycles. The normalized spacial score (nSPS) is 13.3. The number of halogens is 1. The van der Waals surface area contributed by atoms with Crippen LogP contribution in [0.4, 0.5) is 0 Å². The molecule has 2 rings (SSSR count). The highest BCUT2D eigenvalue weighted by Gasteiger charge is 2.17. The Morgan fingerprint density at radius 2 is 2.26 bits per heavy atom. The van der Waals surface area contributed by atoms with Crippen LogP contribution in [-0.2, 0) is 9.53 Å². The molecule has 1 amide bonds. The Balaban J connectivity index is 2.13. The van der Waals surface area contributed by atoms with E-state index in [1.54, 1.807) is 19.2 Å². The zero-order chi connectivity index (χ0) is 16.7. The van der Waals surface area contributed by atoms with Crippen molar-refractivity contribution in [1.29, 1.82) is 5.26 Å². The van der Waals surface area contributed by atoms with Gasteiger partial charge in [-0.05, 0) is 30.2 Å². The van der Waals surface area contributed by atoms with Crippen LogP contribution in [0, 0.1) is 11.3 Å². The fourth-order valence-corrected chi connectivity index (χ4v) is 2.32. The predicted octanol–water partition coefficient (Wildman–Crippen LogP) is 2.17. The van der Waals surface area contributed by atoms with Crippen molar-refractivity contribution in [2.45, 2.75) is 6.42 Å². The van der Waals surface area contributed by atoms with Crippen molar-refractivity contribution in [3.05, 3.63) is 28.3 Å². The molecule has 1 aromatic carbocycles. The molecule has 1 heterocycles. The molecule has 23 heavy (non-hydrogen) atoms. The molecular formula is C16H17ClN2O4. The number of hydrogen-bond acceptors (Lipinski definition) is 5. The first-order chi connectivity index (χ1) is 11.2. The summed E-state index contributed by atoms with van der Waals surface area (Å²) in [4.78, 5) is 12.0. The quantitative estimate of drug-likeness (QED) is 0.489. The van der Waals surface area contributed by atoms with Crippen molar-refractivity contribution in [3.8, 4) is 17.6 Å². The van der Waals surface area contributed by atoms with Gasteiger partial charge in [-0.25, -0.2) is 0 Å². The van der Waals surface area contributed by atoms with Crippen LogP contribution in [-0.4, -0.2) is 39.4 Å². The molecule has 1 aliphatic rings. The number of carbonyl (C=O) groups is 1. The van der Waals surface area contributed by atoms with E-state index < -0.39 is 5.91 Å². The van der Waals surface area contributed by atoms with Crippen LogP contribution >= 0.6 is 11.6 Å². The highest BCUT2D eigenvalue weighted by Crippen LogP contribution is 2.38. The minimum atomic E-state index is -0.436. The van der Waals surface area contributed by atoms with Crippen molar-refractivity contribution in [2.75, 3.05) is 33.5 Å². The number of methoxy groups -OCH3 is 1. The fourth-order valence-electron chi connectivity index (χ4n) is 2.04. The third kappa shape index (κ3) is 4.62. The van der Waals surface area contributed by atoms with Gasteiger partial charge in [-0.2, -0.15) is 5.26 Å². The zero-order valence-electron chi connectivity index (χ0n) is 12.7. The lowest BCUT2D eigenvalue weighted by Gasteiger charge is -2.19. The number of hydrogen-bond donors (Lipinski definition) is 1. The highest BCUT2D eigenvalue weighted by molar-refractivity contribution is 6.32. The third-order valence-electron chi connectivity index (χ3n) is 3.11. The molecule has 0 saturated carbocycles. The van der Waals surface area contributed by atoms with Crippen molar-refractivity contribution < 1.29 is 19.0 Å². The van der Waals surface area contributed by atoms with E-state index in [4.69, 9.17) is 25.8 Å². The van der Waals surface area contributed by atoms with E-state index in [2.05, 4.69) is 5.32 Å². The van der Waals surface area contributed by atoms with Gasteiger partial charge in [-0.15, -0.1) is 0 Å². The molecule has 7 heteroatoms. The van der Waals surface area contributed by atoms with Gasteiger partial charge in [0.25, 0.3) is 5.91 Å². The molecular weight excluding hydrogens is 320 g/mol. The van der Waals surface area contributed by atoms with Crippen LogP contribution in [0.25, 0.3) is 6.08 Å². The molecule has 1 aromatic rings. The monoisotopic (exact) mass is 336 g/mol. The van der Waals surface area contributed by atoms with E-state index in [-0.39, 0.29) is 5.57 Å². The first kappa shape index (κ1) is 17.1. The van der Waals surface area contributed by atoms with Gasteiger partial charge in [0.15, 0.2) is 11.5 Å². The first-order valence-corrected chi connectivity index (χ1v) is 7.51. The average Bonchev–Trinajstić information content (AvgIpc) is 2.56. The maximum Gasteiger partial charge on any atom is 0.261 e. The Kier molecular flexibility index (Phi) is 6.27. The lowest BCUT2D eigenvalue weighted by atomic mass is 10.1. The summed E-state index contributed by atoms with van der Waals surface area (Å²) in [5.74, 6) is 0.556. The SMILES string of the molecule is COCCCNC(=O)/C(C#N)=C/c1cc(Cl)c2c(c1)OCCO2. The maximum absolute atomic E-state index is 12.0. The summed E-state index contributed by atoms with van der Waals surface area (Å²) in [6, 6.07) is 5.21. The zero-order valence-corrected chi connectivity index (χ0v) is 13.5. The minimum absolute atomic E-state index is 0.00448. The topological polar surface area (TPSA) is 80.6 Å². The lowest BCUT2D eigenvalue weighted by Crippen LogP contribution is -2.26. The number of benzene rings is 1. The van der Waals surface area contributed by atoms with Gasteiger partial charge in [-0.3, -0.25) is 4.79 Å². The molecule has 1 N–H and O–H groups in total. The van der Waals surface area contributed by atoms with Crippen LogP contribution in [0.2, 0.25) is 5.02 Å². The number of amides is 1. The van der Waals surface area contributed by atoms with Crippen LogP contribution in [0.15, 0.2) is 17.7 Å². The Bertz CT molecular complexity index is 652. The van der Waals surface area contributed by atoms with Crippen LogP contribution in [0.3, 0.4) is 0 Å². The Hall–Kier alpha value is -2.23. The number of fused-ring (bicyclic) bond motifs is 1. The molecule has 0 bridgehead atoms. The second-order valence-corrected chi connectivity index (χ2v) is 5.21. The summed E-state index contributed by atoms with van der Waals surface area (Å²) in [5, 5.41) is 12.2. The highest BCUT2D eigenvalue weighted by atomic mass is 35.5. The average molecular weight is 337 g/mol. The number of carbonyl (C=O) groups excluding carboxylic acids is 1. The van der Waals surface area contributed by atoms with Crippen LogP contribution in [0.1, 0.15) is 12.0 Å². The number of ether oxygens (including phenoxy) is 3. The molecule has 1 aliphatic heterocycles. The summed E-state index contributed by atoms with van der Waals surface area (Å²) in [7, 11) is 1.59. The first-order valence-electron chi connectivity index (χ1n) is 7.13. The Morgan fingerprint density at radius 1 is 1.48 bits per heavy atom. The molecule has 0 saturated heterocycles. The summed E-state index contributed by atoms with van der Waals surface area (Å²) in [6.45, 7) is 1.86. The summed E-state index contributed by atoms with van der Waals surface area (Å²) in [5.41, 5.74) is 0.595. The van der Waals surface area contributed by atoms with Crippen molar-refractivity contribution in [1.82, 2.24) is 5.32 Å². The number of rotatable bonds is 6. The Labute approximate surface area is 139 Å². The lowest BCUT2D eigenvalue weighted by molar-refractivity contribution is -0.117. The van der Waals surface area contributed by atoms with Crippen molar-refractivity contribution in [3.63, 3.8) is 0 Å². The van der Waals surface area contributed by atoms with E-state index in [1.807, 2.05) is 6.07 Å². The van der Waals surface area contributed by atoms with Crippen LogP contribution in [0.5, 0.6) is 11.5 Å². The van der Waals surface area contributed by atoms with Crippen LogP contribution < -0.4 is 14.8 Å². The van der Waals surface area contributed by atoms with Gasteiger partial charge in [0, 0.05) is 20.3 Å². The van der Waals surface area contributed by atoms with Gasteiger partial charge < -0.3 is 19.5 Å². The predicted molar refractivity (Wildman–Crippen MR) is 85.5 cm³/mol. The van der Waals surface area contributed by atoms with Gasteiger partial charge in [-0.1, -0.05) is 11.6 Å².